The summed E-state index contributed by atoms with van der Waals surface area (Å²) >= 11 is 3.40. The van der Waals surface area contributed by atoms with Gasteiger partial charge in [-0.05, 0) is 50.6 Å². The molecule has 0 aromatic heterocycles. The standard InChI is InChI=1S/C27H37BrFNO4SSi/c1-20-26(2,19-34-17-21-10-8-7-9-11-21)35(31,32)25(18-33-14-15-36(4,5)6)27(3,30-20)23-16-22(28)12-13-24(23)29/h7-13,16,25H,14-15,17-19H2,1-6H3/t25-,26+,27-/m1/s1. The Kier molecular flexibility index (Phi) is 9.03. The van der Waals surface area contributed by atoms with Crippen molar-refractivity contribution in [2.75, 3.05) is 19.8 Å². The lowest BCUT2D eigenvalue weighted by atomic mass is 9.87. The average Bonchev–Trinajstić information content (AvgIpc) is 2.79. The number of ether oxygens (including phenoxy) is 2. The van der Waals surface area contributed by atoms with E-state index in [1.807, 2.05) is 30.3 Å². The van der Waals surface area contributed by atoms with Gasteiger partial charge in [-0.1, -0.05) is 65.9 Å². The predicted molar refractivity (Wildman–Crippen MR) is 151 cm³/mol. The molecule has 3 atom stereocenters. The summed E-state index contributed by atoms with van der Waals surface area (Å²) in [5, 5.41) is -1.08. The van der Waals surface area contributed by atoms with E-state index in [2.05, 4.69) is 35.6 Å². The molecule has 1 heterocycles. The molecule has 0 saturated heterocycles. The second kappa shape index (κ2) is 11.2. The van der Waals surface area contributed by atoms with Gasteiger partial charge in [0, 0.05) is 30.4 Å². The van der Waals surface area contributed by atoms with Crippen LogP contribution in [0, 0.1) is 5.82 Å². The van der Waals surface area contributed by atoms with Crippen LogP contribution in [0.1, 0.15) is 31.9 Å². The molecule has 9 heteroatoms. The number of benzene rings is 2. The van der Waals surface area contributed by atoms with Crippen LogP contribution in [-0.4, -0.2) is 52.0 Å². The zero-order chi connectivity index (χ0) is 26.8. The van der Waals surface area contributed by atoms with Gasteiger partial charge in [0.2, 0.25) is 0 Å². The van der Waals surface area contributed by atoms with Crippen LogP contribution in [0.4, 0.5) is 4.39 Å². The predicted octanol–water partition coefficient (Wildman–Crippen LogP) is 6.39. The summed E-state index contributed by atoms with van der Waals surface area (Å²) in [6.45, 7) is 12.4. The molecular formula is C27H37BrFNO4SSi. The third kappa shape index (κ3) is 6.18. The minimum Gasteiger partial charge on any atom is -0.380 e. The summed E-state index contributed by atoms with van der Waals surface area (Å²) < 4.78 is 54.9. The molecule has 0 aliphatic carbocycles. The Hall–Kier alpha value is -1.39. The third-order valence-electron chi connectivity index (χ3n) is 7.02. The fourth-order valence-corrected chi connectivity index (χ4v) is 7.93. The fourth-order valence-electron chi connectivity index (χ4n) is 4.42. The van der Waals surface area contributed by atoms with Crippen molar-refractivity contribution in [2.45, 2.75) is 68.6 Å². The van der Waals surface area contributed by atoms with Crippen molar-refractivity contribution in [1.29, 1.82) is 0 Å². The van der Waals surface area contributed by atoms with Crippen molar-refractivity contribution < 1.29 is 22.3 Å². The molecule has 1 aliphatic heterocycles. The molecule has 3 rings (SSSR count). The second-order valence-corrected chi connectivity index (χ2v) is 20.2. The van der Waals surface area contributed by atoms with Gasteiger partial charge in [0.25, 0.3) is 0 Å². The molecule has 0 unspecified atom stereocenters. The SMILES string of the molecule is CC1=N[C@](C)(c2cc(Br)ccc2F)[C@@H](COCC[Si](C)(C)C)S(=O)(=O)[C@@]1(C)COCc1ccccc1. The monoisotopic (exact) mass is 597 g/mol. The molecule has 0 fully saturated rings. The van der Waals surface area contributed by atoms with Crippen LogP contribution in [0.3, 0.4) is 0 Å². The van der Waals surface area contributed by atoms with E-state index in [9.17, 15) is 8.42 Å². The molecule has 0 N–H and O–H groups in total. The van der Waals surface area contributed by atoms with E-state index in [4.69, 9.17) is 14.5 Å². The van der Waals surface area contributed by atoms with E-state index < -0.39 is 39.3 Å². The van der Waals surface area contributed by atoms with Crippen molar-refractivity contribution in [2.24, 2.45) is 4.99 Å². The lowest BCUT2D eigenvalue weighted by Crippen LogP contribution is -2.61. The number of sulfone groups is 1. The molecule has 2 aromatic carbocycles. The van der Waals surface area contributed by atoms with Crippen LogP contribution < -0.4 is 0 Å². The summed E-state index contributed by atoms with van der Waals surface area (Å²) in [4.78, 5) is 4.90. The third-order valence-corrected chi connectivity index (χ3v) is 12.2. The lowest BCUT2D eigenvalue weighted by Gasteiger charge is -2.45. The molecule has 0 spiro atoms. The lowest BCUT2D eigenvalue weighted by molar-refractivity contribution is 0.106. The number of aliphatic imine (C=N–C) groups is 1. The Balaban J connectivity index is 1.99. The van der Waals surface area contributed by atoms with E-state index in [1.54, 1.807) is 32.9 Å². The van der Waals surface area contributed by atoms with Gasteiger partial charge in [-0.3, -0.25) is 4.99 Å². The molecule has 0 amide bonds. The normalized spacial score (nSPS) is 26.0. The summed E-state index contributed by atoms with van der Waals surface area (Å²) in [7, 11) is -5.29. The number of hydrogen-bond acceptors (Lipinski definition) is 5. The molecular weight excluding hydrogens is 561 g/mol. The quantitative estimate of drug-likeness (QED) is 0.235. The average molecular weight is 599 g/mol. The van der Waals surface area contributed by atoms with Crippen molar-refractivity contribution in [3.8, 4) is 0 Å². The Bertz CT molecular complexity index is 1200. The Morgan fingerprint density at radius 3 is 2.39 bits per heavy atom. The molecule has 0 bridgehead atoms. The number of nitrogens with zero attached hydrogens (tertiary/aromatic N) is 1. The van der Waals surface area contributed by atoms with Crippen LogP contribution in [-0.2, 0) is 31.5 Å². The maximum absolute atomic E-state index is 15.1. The summed E-state index contributed by atoms with van der Waals surface area (Å²) in [6.07, 6.45) is 0. The Labute approximate surface area is 224 Å². The van der Waals surface area contributed by atoms with Gasteiger partial charge in [0.15, 0.2) is 9.84 Å². The van der Waals surface area contributed by atoms with Crippen LogP contribution in [0.25, 0.3) is 0 Å². The molecule has 5 nitrogen and oxygen atoms in total. The number of hydrogen-bond donors (Lipinski definition) is 0. The number of halogens is 2. The maximum Gasteiger partial charge on any atom is 0.171 e. The van der Waals surface area contributed by atoms with Crippen LogP contribution >= 0.6 is 15.9 Å². The fraction of sp³-hybridized carbons (Fsp3) is 0.519. The Morgan fingerprint density at radius 1 is 1.08 bits per heavy atom. The first kappa shape index (κ1) is 29.2. The zero-order valence-corrected chi connectivity index (χ0v) is 25.4. The first-order valence-corrected chi connectivity index (χ1v) is 18.2. The highest BCUT2D eigenvalue weighted by Gasteiger charge is 2.58. The summed E-state index contributed by atoms with van der Waals surface area (Å²) in [6, 6.07) is 15.1. The molecule has 0 radical (unpaired) electrons. The van der Waals surface area contributed by atoms with E-state index in [0.29, 0.717) is 16.8 Å². The molecule has 36 heavy (non-hydrogen) atoms. The summed E-state index contributed by atoms with van der Waals surface area (Å²) in [5.41, 5.74) is 0.229. The van der Waals surface area contributed by atoms with Gasteiger partial charge in [0.05, 0.1) is 19.8 Å². The van der Waals surface area contributed by atoms with E-state index in [-0.39, 0.29) is 25.4 Å². The van der Waals surface area contributed by atoms with Gasteiger partial charge in [-0.25, -0.2) is 12.8 Å². The van der Waals surface area contributed by atoms with Crippen molar-refractivity contribution >= 4 is 39.6 Å². The van der Waals surface area contributed by atoms with E-state index in [0.717, 1.165) is 11.6 Å². The minimum absolute atomic E-state index is 0.0536. The van der Waals surface area contributed by atoms with E-state index >= 15 is 4.39 Å². The topological polar surface area (TPSA) is 65.0 Å². The smallest absolute Gasteiger partial charge is 0.171 e. The molecule has 198 valence electrons. The summed E-state index contributed by atoms with van der Waals surface area (Å²) in [5.74, 6) is -0.497. The minimum atomic E-state index is -3.92. The molecule has 0 saturated carbocycles. The van der Waals surface area contributed by atoms with Gasteiger partial charge in [0.1, 0.15) is 21.4 Å². The highest BCUT2D eigenvalue weighted by atomic mass is 79.9. The largest absolute Gasteiger partial charge is 0.380 e. The number of rotatable bonds is 10. The zero-order valence-electron chi connectivity index (χ0n) is 22.0. The van der Waals surface area contributed by atoms with Crippen LogP contribution in [0.5, 0.6) is 0 Å². The van der Waals surface area contributed by atoms with Crippen LogP contribution in [0.15, 0.2) is 58.0 Å². The molecule has 2 aromatic rings. The highest BCUT2D eigenvalue weighted by Crippen LogP contribution is 2.45. The van der Waals surface area contributed by atoms with Crippen molar-refractivity contribution in [3.63, 3.8) is 0 Å². The van der Waals surface area contributed by atoms with Crippen molar-refractivity contribution in [3.05, 3.63) is 69.9 Å². The molecule has 1 aliphatic rings. The first-order chi connectivity index (χ1) is 16.7. The first-order valence-electron chi connectivity index (χ1n) is 12.2. The maximum atomic E-state index is 15.1. The highest BCUT2D eigenvalue weighted by molar-refractivity contribution is 9.10. The second-order valence-electron chi connectivity index (χ2n) is 11.1. The van der Waals surface area contributed by atoms with Crippen LogP contribution in [0.2, 0.25) is 25.7 Å². The van der Waals surface area contributed by atoms with Gasteiger partial charge in [-0.2, -0.15) is 0 Å². The van der Waals surface area contributed by atoms with E-state index in [1.165, 1.54) is 6.07 Å². The van der Waals surface area contributed by atoms with Gasteiger partial charge >= 0.3 is 0 Å². The van der Waals surface area contributed by atoms with Gasteiger partial charge in [-0.15, -0.1) is 0 Å². The van der Waals surface area contributed by atoms with Gasteiger partial charge < -0.3 is 9.47 Å². The Morgan fingerprint density at radius 2 is 1.75 bits per heavy atom. The van der Waals surface area contributed by atoms with Crippen molar-refractivity contribution in [1.82, 2.24) is 0 Å².